The molecule has 0 saturated carbocycles. The van der Waals surface area contributed by atoms with E-state index in [0.717, 1.165) is 5.69 Å². The molecule has 7 nitrogen and oxygen atoms in total. The number of para-hydroxylation sites is 2. The van der Waals surface area contributed by atoms with Crippen LogP contribution in [0.4, 0.5) is 9.52 Å². The lowest BCUT2D eigenvalue weighted by Gasteiger charge is -2.18. The molecule has 4 rings (SSSR count). The molecule has 0 aliphatic rings. The number of rotatable bonds is 9. The zero-order valence-corrected chi connectivity index (χ0v) is 19.6. The maximum absolute atomic E-state index is 14.1. The number of benzene rings is 2. The van der Waals surface area contributed by atoms with Crippen molar-refractivity contribution < 1.29 is 13.9 Å². The first-order chi connectivity index (χ1) is 16.1. The number of hydrogen-bond donors (Lipinski definition) is 1. The Morgan fingerprint density at radius 2 is 1.94 bits per heavy atom. The summed E-state index contributed by atoms with van der Waals surface area (Å²) >= 11 is 2.68. The van der Waals surface area contributed by atoms with E-state index in [0.29, 0.717) is 22.5 Å². The smallest absolute Gasteiger partial charge is 0.239 e. The number of aromatic nitrogens is 4. The number of thioether (sulfide) groups is 1. The molecule has 0 fully saturated rings. The van der Waals surface area contributed by atoms with Crippen LogP contribution in [0.25, 0.3) is 5.69 Å². The highest BCUT2D eigenvalue weighted by Gasteiger charge is 2.26. The van der Waals surface area contributed by atoms with Gasteiger partial charge in [-0.1, -0.05) is 49.0 Å². The van der Waals surface area contributed by atoms with Gasteiger partial charge in [-0.05, 0) is 37.6 Å². The van der Waals surface area contributed by atoms with Crippen LogP contribution in [-0.4, -0.2) is 30.9 Å². The molecule has 10 heteroatoms. The highest BCUT2D eigenvalue weighted by molar-refractivity contribution is 8.00. The van der Waals surface area contributed by atoms with E-state index in [2.05, 4.69) is 20.5 Å². The average Bonchev–Trinajstić information content (AvgIpc) is 3.49. The Labute approximate surface area is 199 Å². The van der Waals surface area contributed by atoms with Crippen LogP contribution >= 0.6 is 23.1 Å². The van der Waals surface area contributed by atoms with Crippen LogP contribution in [0.1, 0.15) is 32.2 Å². The highest BCUT2D eigenvalue weighted by Crippen LogP contribution is 2.32. The fraction of sp³-hybridized carbons (Fsp3) is 0.217. The van der Waals surface area contributed by atoms with Crippen LogP contribution in [0.5, 0.6) is 5.75 Å². The Morgan fingerprint density at radius 3 is 2.64 bits per heavy atom. The number of anilines is 1. The van der Waals surface area contributed by atoms with Gasteiger partial charge in [-0.25, -0.2) is 9.37 Å². The second kappa shape index (κ2) is 10.6. The van der Waals surface area contributed by atoms with Crippen LogP contribution in [0.15, 0.2) is 71.3 Å². The van der Waals surface area contributed by atoms with Crippen molar-refractivity contribution in [1.29, 1.82) is 0 Å². The molecular formula is C23H22FN5O2S2. The van der Waals surface area contributed by atoms with Crippen molar-refractivity contribution in [2.45, 2.75) is 36.8 Å². The van der Waals surface area contributed by atoms with Crippen molar-refractivity contribution >= 4 is 34.1 Å². The van der Waals surface area contributed by atoms with Gasteiger partial charge in [-0.3, -0.25) is 9.36 Å². The van der Waals surface area contributed by atoms with E-state index in [4.69, 9.17) is 4.74 Å². The van der Waals surface area contributed by atoms with Crippen molar-refractivity contribution in [2.24, 2.45) is 0 Å². The molecule has 0 spiro atoms. The van der Waals surface area contributed by atoms with Crippen molar-refractivity contribution in [2.75, 3.05) is 5.32 Å². The maximum atomic E-state index is 14.1. The minimum atomic E-state index is -0.590. The van der Waals surface area contributed by atoms with Gasteiger partial charge in [0.05, 0.1) is 5.25 Å². The second-order valence-corrected chi connectivity index (χ2v) is 9.11. The summed E-state index contributed by atoms with van der Waals surface area (Å²) in [6, 6.07) is 15.8. The van der Waals surface area contributed by atoms with Crippen molar-refractivity contribution in [3.8, 4) is 11.4 Å². The summed E-state index contributed by atoms with van der Waals surface area (Å²) in [5.74, 6) is 0.0325. The van der Waals surface area contributed by atoms with E-state index in [1.54, 1.807) is 36.7 Å². The zero-order chi connectivity index (χ0) is 23.2. The van der Waals surface area contributed by atoms with Gasteiger partial charge < -0.3 is 10.1 Å². The Balaban J connectivity index is 1.63. The topological polar surface area (TPSA) is 81.9 Å². The molecule has 33 heavy (non-hydrogen) atoms. The SMILES string of the molecule is CCC(Sc1nnc(C(C)Oc2ccccc2F)n1-c1ccccc1)C(=O)Nc1nccs1. The van der Waals surface area contributed by atoms with Gasteiger partial charge in [0, 0.05) is 17.3 Å². The van der Waals surface area contributed by atoms with Crippen LogP contribution in [0.2, 0.25) is 0 Å². The van der Waals surface area contributed by atoms with E-state index in [-0.39, 0.29) is 11.7 Å². The van der Waals surface area contributed by atoms with E-state index in [1.807, 2.05) is 41.8 Å². The van der Waals surface area contributed by atoms with E-state index < -0.39 is 17.2 Å². The number of hydrogen-bond acceptors (Lipinski definition) is 7. The molecule has 170 valence electrons. The fourth-order valence-electron chi connectivity index (χ4n) is 3.14. The molecular weight excluding hydrogens is 461 g/mol. The number of carbonyl (C=O) groups is 1. The van der Waals surface area contributed by atoms with Crippen molar-refractivity contribution in [3.63, 3.8) is 0 Å². The lowest BCUT2D eigenvalue weighted by atomic mass is 10.3. The van der Waals surface area contributed by atoms with Gasteiger partial charge in [-0.15, -0.1) is 21.5 Å². The Morgan fingerprint density at radius 1 is 1.18 bits per heavy atom. The lowest BCUT2D eigenvalue weighted by molar-refractivity contribution is -0.115. The van der Waals surface area contributed by atoms with E-state index >= 15 is 0 Å². The number of amides is 1. The standard InChI is InChI=1S/C23H22FN5O2S2/c1-3-19(21(30)26-22-25-13-14-32-22)33-23-28-27-20(29(23)16-9-5-4-6-10-16)15(2)31-18-12-8-7-11-17(18)24/h4-15,19H,3H2,1-2H3,(H,25,26,30). The van der Waals surface area contributed by atoms with Gasteiger partial charge in [0.1, 0.15) is 0 Å². The molecule has 0 radical (unpaired) electrons. The van der Waals surface area contributed by atoms with Crippen LogP contribution in [0.3, 0.4) is 0 Å². The molecule has 1 N–H and O–H groups in total. The molecule has 0 bridgehead atoms. The first kappa shape index (κ1) is 22.9. The Bertz CT molecular complexity index is 1200. The van der Waals surface area contributed by atoms with E-state index in [9.17, 15) is 9.18 Å². The van der Waals surface area contributed by atoms with Crippen LogP contribution < -0.4 is 10.1 Å². The third-order valence-electron chi connectivity index (χ3n) is 4.75. The monoisotopic (exact) mass is 483 g/mol. The molecule has 2 heterocycles. The summed E-state index contributed by atoms with van der Waals surface area (Å²) in [7, 11) is 0. The molecule has 0 aliphatic carbocycles. The first-order valence-corrected chi connectivity index (χ1v) is 12.1. The van der Waals surface area contributed by atoms with Crippen LogP contribution in [0, 0.1) is 5.82 Å². The summed E-state index contributed by atoms with van der Waals surface area (Å²) < 4.78 is 21.8. The Hall–Kier alpha value is -3.24. The molecule has 1 amide bonds. The minimum Gasteiger partial charge on any atom is -0.480 e. The van der Waals surface area contributed by atoms with Crippen LogP contribution in [-0.2, 0) is 4.79 Å². The van der Waals surface area contributed by atoms with Gasteiger partial charge in [-0.2, -0.15) is 0 Å². The van der Waals surface area contributed by atoms with Gasteiger partial charge in [0.2, 0.25) is 5.91 Å². The number of thiazole rings is 1. The number of halogens is 1. The largest absolute Gasteiger partial charge is 0.480 e. The average molecular weight is 484 g/mol. The lowest BCUT2D eigenvalue weighted by Crippen LogP contribution is -2.25. The number of nitrogens with one attached hydrogen (secondary N) is 1. The van der Waals surface area contributed by atoms with Gasteiger partial charge in [0.25, 0.3) is 0 Å². The minimum absolute atomic E-state index is 0.135. The number of carbonyl (C=O) groups excluding carboxylic acids is 1. The predicted molar refractivity (Wildman–Crippen MR) is 127 cm³/mol. The summed E-state index contributed by atoms with van der Waals surface area (Å²) in [4.78, 5) is 16.9. The first-order valence-electron chi connectivity index (χ1n) is 10.4. The molecule has 0 saturated heterocycles. The second-order valence-electron chi connectivity index (χ2n) is 7.04. The number of ether oxygens (including phenoxy) is 1. The molecule has 2 aromatic carbocycles. The molecule has 4 aromatic rings. The summed E-state index contributed by atoms with van der Waals surface area (Å²) in [6.45, 7) is 3.73. The molecule has 2 aromatic heterocycles. The molecule has 2 atom stereocenters. The van der Waals surface area contributed by atoms with Gasteiger partial charge >= 0.3 is 0 Å². The predicted octanol–water partition coefficient (Wildman–Crippen LogP) is 5.51. The summed E-state index contributed by atoms with van der Waals surface area (Å²) in [5.41, 5.74) is 0.819. The third-order valence-corrected chi connectivity index (χ3v) is 6.75. The summed E-state index contributed by atoms with van der Waals surface area (Å²) in [6.07, 6.45) is 1.64. The van der Waals surface area contributed by atoms with Crippen molar-refractivity contribution in [1.82, 2.24) is 19.7 Å². The third kappa shape index (κ3) is 5.40. The van der Waals surface area contributed by atoms with E-state index in [1.165, 1.54) is 29.2 Å². The fourth-order valence-corrected chi connectivity index (χ4v) is 4.66. The van der Waals surface area contributed by atoms with Crippen molar-refractivity contribution in [3.05, 3.63) is 77.8 Å². The highest BCUT2D eigenvalue weighted by atomic mass is 32.2. The quantitative estimate of drug-likeness (QED) is 0.316. The Kier molecular flexibility index (Phi) is 7.36. The number of nitrogens with zero attached hydrogens (tertiary/aromatic N) is 4. The van der Waals surface area contributed by atoms with Gasteiger partial charge in [0.15, 0.2) is 33.8 Å². The summed E-state index contributed by atoms with van der Waals surface area (Å²) in [5, 5.41) is 14.0. The molecule has 0 aliphatic heterocycles. The zero-order valence-electron chi connectivity index (χ0n) is 18.0. The molecule has 2 unspecified atom stereocenters. The normalized spacial score (nSPS) is 12.8. The maximum Gasteiger partial charge on any atom is 0.239 e.